The first kappa shape index (κ1) is 12.7. The van der Waals surface area contributed by atoms with Crippen LogP contribution in [0, 0.1) is 5.92 Å². The number of phenols is 1. The number of nitrogens with one attached hydrogen (secondary N) is 1. The number of rotatable bonds is 1. The number of aliphatic hydroxyl groups excluding tert-OH is 1. The van der Waals surface area contributed by atoms with Gasteiger partial charge in [-0.15, -0.1) is 0 Å². The fourth-order valence-electron chi connectivity index (χ4n) is 5.15. The second kappa shape index (κ2) is 4.47. The average molecular weight is 273 g/mol. The van der Waals surface area contributed by atoms with Gasteiger partial charge in [0.15, 0.2) is 0 Å². The minimum absolute atomic E-state index is 0.0758. The van der Waals surface area contributed by atoms with Crippen LogP contribution in [0.5, 0.6) is 5.75 Å². The predicted octanol–water partition coefficient (Wildman–Crippen LogP) is 2.23. The van der Waals surface area contributed by atoms with Crippen LogP contribution in [-0.4, -0.2) is 22.8 Å². The van der Waals surface area contributed by atoms with Crippen LogP contribution in [0.25, 0.3) is 0 Å². The monoisotopic (exact) mass is 273 g/mol. The van der Waals surface area contributed by atoms with Crippen molar-refractivity contribution in [3.8, 4) is 5.75 Å². The molecule has 108 valence electrons. The zero-order valence-corrected chi connectivity index (χ0v) is 11.9. The summed E-state index contributed by atoms with van der Waals surface area (Å²) in [6, 6.07) is 4.60. The first-order valence-corrected chi connectivity index (χ1v) is 7.94. The highest BCUT2D eigenvalue weighted by molar-refractivity contribution is 5.49. The maximum atomic E-state index is 10.2. The van der Waals surface area contributed by atoms with Crippen molar-refractivity contribution < 1.29 is 10.2 Å². The topological polar surface area (TPSA) is 52.5 Å². The summed E-state index contributed by atoms with van der Waals surface area (Å²) in [5.41, 5.74) is 3.69. The molecule has 2 fully saturated rings. The molecule has 0 amide bonds. The number of piperidine rings is 1. The number of benzene rings is 1. The van der Waals surface area contributed by atoms with Crippen LogP contribution in [0.15, 0.2) is 12.1 Å². The van der Waals surface area contributed by atoms with Gasteiger partial charge in [-0.25, -0.2) is 0 Å². The summed E-state index contributed by atoms with van der Waals surface area (Å²) >= 11 is 0. The quantitative estimate of drug-likeness (QED) is 0.735. The molecule has 1 saturated carbocycles. The van der Waals surface area contributed by atoms with E-state index in [1.807, 2.05) is 12.1 Å². The summed E-state index contributed by atoms with van der Waals surface area (Å²) in [5, 5.41) is 23.3. The van der Waals surface area contributed by atoms with Gasteiger partial charge in [0, 0.05) is 17.0 Å². The van der Waals surface area contributed by atoms with Crippen LogP contribution in [0.4, 0.5) is 0 Å². The average Bonchev–Trinajstić information content (AvgIpc) is 2.48. The molecular weight excluding hydrogens is 250 g/mol. The molecule has 3 atom stereocenters. The lowest BCUT2D eigenvalue weighted by molar-refractivity contribution is 0.0794. The fourth-order valence-corrected chi connectivity index (χ4v) is 5.15. The first-order chi connectivity index (χ1) is 9.74. The van der Waals surface area contributed by atoms with Crippen LogP contribution < -0.4 is 5.32 Å². The lowest BCUT2D eigenvalue weighted by Gasteiger charge is -2.56. The Hall–Kier alpha value is -1.06. The van der Waals surface area contributed by atoms with Crippen molar-refractivity contribution in [3.63, 3.8) is 0 Å². The highest BCUT2D eigenvalue weighted by Crippen LogP contribution is 2.54. The lowest BCUT2D eigenvalue weighted by atomic mass is 9.52. The Morgan fingerprint density at radius 2 is 2.15 bits per heavy atom. The third-order valence-corrected chi connectivity index (χ3v) is 6.01. The molecule has 3 aliphatic rings. The van der Waals surface area contributed by atoms with E-state index in [1.165, 1.54) is 43.2 Å². The Bertz CT molecular complexity index is 538. The molecule has 0 radical (unpaired) electrons. The molecular formula is C17H23NO2. The zero-order valence-electron chi connectivity index (χ0n) is 11.9. The third-order valence-electron chi connectivity index (χ3n) is 6.01. The van der Waals surface area contributed by atoms with Crippen molar-refractivity contribution in [3.05, 3.63) is 28.8 Å². The standard InChI is InChI=1S/C17H23NO2/c19-10-12-7-11-8-15-13-3-1-2-4-17(13,5-6-18-15)14(11)9-16(12)20/h7,9,13,15,18-20H,1-6,8,10H2/t13-,15+,17+/m1/s1. The van der Waals surface area contributed by atoms with Crippen LogP contribution in [0.3, 0.4) is 0 Å². The summed E-state index contributed by atoms with van der Waals surface area (Å²) in [6.45, 7) is 1.02. The largest absolute Gasteiger partial charge is 0.508 e. The van der Waals surface area contributed by atoms with Crippen LogP contribution in [0.2, 0.25) is 0 Å². The van der Waals surface area contributed by atoms with Crippen LogP contribution in [0.1, 0.15) is 48.8 Å². The second-order valence-electron chi connectivity index (χ2n) is 6.82. The molecule has 4 rings (SSSR count). The van der Waals surface area contributed by atoms with Gasteiger partial charge in [-0.1, -0.05) is 12.8 Å². The summed E-state index contributed by atoms with van der Waals surface area (Å²) in [7, 11) is 0. The molecule has 0 unspecified atom stereocenters. The molecule has 1 saturated heterocycles. The van der Waals surface area contributed by atoms with Gasteiger partial charge in [0.05, 0.1) is 6.61 Å². The van der Waals surface area contributed by atoms with Crippen molar-refractivity contribution >= 4 is 0 Å². The van der Waals surface area contributed by atoms with Gasteiger partial charge < -0.3 is 15.5 Å². The van der Waals surface area contributed by atoms with Gasteiger partial charge in [0.1, 0.15) is 5.75 Å². The Labute approximate surface area is 120 Å². The van der Waals surface area contributed by atoms with E-state index in [0.717, 1.165) is 18.9 Å². The van der Waals surface area contributed by atoms with Crippen molar-refractivity contribution in [1.82, 2.24) is 5.32 Å². The maximum Gasteiger partial charge on any atom is 0.121 e. The van der Waals surface area contributed by atoms with E-state index in [1.54, 1.807) is 0 Å². The molecule has 2 bridgehead atoms. The molecule has 3 N–H and O–H groups in total. The number of aromatic hydroxyl groups is 1. The molecule has 20 heavy (non-hydrogen) atoms. The van der Waals surface area contributed by atoms with Crippen molar-refractivity contribution in [2.75, 3.05) is 6.54 Å². The highest BCUT2D eigenvalue weighted by atomic mass is 16.3. The van der Waals surface area contributed by atoms with Crippen molar-refractivity contribution in [1.29, 1.82) is 0 Å². The molecule has 1 aromatic carbocycles. The van der Waals surface area contributed by atoms with E-state index < -0.39 is 0 Å². The lowest BCUT2D eigenvalue weighted by Crippen LogP contribution is -2.59. The van der Waals surface area contributed by atoms with Crippen molar-refractivity contribution in [2.45, 2.75) is 56.6 Å². The van der Waals surface area contributed by atoms with Gasteiger partial charge in [0.2, 0.25) is 0 Å². The van der Waals surface area contributed by atoms with E-state index in [0.29, 0.717) is 11.6 Å². The molecule has 0 aromatic heterocycles. The van der Waals surface area contributed by atoms with Gasteiger partial charge >= 0.3 is 0 Å². The predicted molar refractivity (Wildman–Crippen MR) is 77.8 cm³/mol. The smallest absolute Gasteiger partial charge is 0.121 e. The summed E-state index contributed by atoms with van der Waals surface area (Å²) in [6.07, 6.45) is 7.49. The molecule has 1 heterocycles. The van der Waals surface area contributed by atoms with Gasteiger partial charge in [-0.3, -0.25) is 0 Å². The highest BCUT2D eigenvalue weighted by Gasteiger charge is 2.51. The normalized spacial score (nSPS) is 35.2. The molecule has 2 aliphatic carbocycles. The minimum Gasteiger partial charge on any atom is -0.508 e. The summed E-state index contributed by atoms with van der Waals surface area (Å²) in [4.78, 5) is 0. The Morgan fingerprint density at radius 1 is 1.25 bits per heavy atom. The number of aliphatic hydroxyl groups is 1. The number of hydrogen-bond donors (Lipinski definition) is 3. The maximum absolute atomic E-state index is 10.2. The van der Waals surface area contributed by atoms with E-state index >= 15 is 0 Å². The minimum atomic E-state index is -0.0758. The molecule has 1 aliphatic heterocycles. The van der Waals surface area contributed by atoms with Crippen molar-refractivity contribution in [2.24, 2.45) is 5.92 Å². The number of hydrogen-bond acceptors (Lipinski definition) is 3. The summed E-state index contributed by atoms with van der Waals surface area (Å²) in [5.74, 6) is 1.01. The van der Waals surface area contributed by atoms with Crippen LogP contribution >= 0.6 is 0 Å². The first-order valence-electron chi connectivity index (χ1n) is 7.94. The van der Waals surface area contributed by atoms with E-state index in [4.69, 9.17) is 0 Å². The third kappa shape index (κ3) is 1.60. The van der Waals surface area contributed by atoms with E-state index in [-0.39, 0.29) is 17.8 Å². The number of fused-ring (bicyclic) bond motifs is 1. The molecule has 0 spiro atoms. The molecule has 3 heteroatoms. The van der Waals surface area contributed by atoms with Gasteiger partial charge in [-0.2, -0.15) is 0 Å². The second-order valence-corrected chi connectivity index (χ2v) is 6.82. The van der Waals surface area contributed by atoms with Gasteiger partial charge in [-0.05, 0) is 61.4 Å². The van der Waals surface area contributed by atoms with Gasteiger partial charge in [0.25, 0.3) is 0 Å². The zero-order chi connectivity index (χ0) is 13.7. The Balaban J connectivity index is 1.89. The Morgan fingerprint density at radius 3 is 3.00 bits per heavy atom. The fraction of sp³-hybridized carbons (Fsp3) is 0.647. The van der Waals surface area contributed by atoms with E-state index in [9.17, 15) is 10.2 Å². The van der Waals surface area contributed by atoms with E-state index in [2.05, 4.69) is 5.32 Å². The summed E-state index contributed by atoms with van der Waals surface area (Å²) < 4.78 is 0. The molecule has 1 aromatic rings. The van der Waals surface area contributed by atoms with Crippen LogP contribution in [-0.2, 0) is 18.4 Å². The Kier molecular flexibility index (Phi) is 2.83. The SMILES string of the molecule is OCc1cc2c(cc1O)[C@]13CCCC[C@@H]1[C@H](C2)NCC3. The molecule has 3 nitrogen and oxygen atoms in total.